The lowest BCUT2D eigenvalue weighted by molar-refractivity contribution is -0.120. The third-order valence-electron chi connectivity index (χ3n) is 2.92. The van der Waals surface area contributed by atoms with E-state index >= 15 is 0 Å². The van der Waals surface area contributed by atoms with Gasteiger partial charge in [-0.3, -0.25) is 9.48 Å². The van der Waals surface area contributed by atoms with Gasteiger partial charge in [-0.05, 0) is 29.4 Å². The summed E-state index contributed by atoms with van der Waals surface area (Å²) >= 11 is 3.60. The number of amides is 1. The molecule has 1 N–H and O–H groups in total. The van der Waals surface area contributed by atoms with Crippen molar-refractivity contribution < 1.29 is 4.79 Å². The molecule has 1 aromatic heterocycles. The van der Waals surface area contributed by atoms with Crippen LogP contribution in [-0.2, 0) is 24.8 Å². The van der Waals surface area contributed by atoms with Crippen molar-refractivity contribution in [2.45, 2.75) is 26.3 Å². The molecule has 0 radical (unpaired) electrons. The highest BCUT2D eigenvalue weighted by Gasteiger charge is 2.14. The maximum atomic E-state index is 11.2. The van der Waals surface area contributed by atoms with Gasteiger partial charge in [0, 0.05) is 33.6 Å². The van der Waals surface area contributed by atoms with Gasteiger partial charge in [-0.1, -0.05) is 6.92 Å². The Kier molecular flexibility index (Phi) is 5.81. The SMILES string of the molecule is CCc1nn(C)c(CN(C)CCC(=O)NC)c1Br. The standard InChI is InChI=1S/C12H21BrN4O/c1-5-9-12(13)10(17(4)15-9)8-16(3)7-6-11(18)14-2/h5-8H2,1-4H3,(H,14,18). The monoisotopic (exact) mass is 316 g/mol. The number of hydrogen-bond acceptors (Lipinski definition) is 3. The van der Waals surface area contributed by atoms with E-state index in [9.17, 15) is 4.79 Å². The van der Waals surface area contributed by atoms with Gasteiger partial charge in [0.25, 0.3) is 0 Å². The molecule has 1 aromatic rings. The van der Waals surface area contributed by atoms with Crippen molar-refractivity contribution in [1.82, 2.24) is 20.0 Å². The number of aromatic nitrogens is 2. The van der Waals surface area contributed by atoms with Crippen molar-refractivity contribution in [3.05, 3.63) is 15.9 Å². The number of rotatable bonds is 6. The van der Waals surface area contributed by atoms with Gasteiger partial charge in [-0.2, -0.15) is 5.10 Å². The lowest BCUT2D eigenvalue weighted by Gasteiger charge is -2.16. The lowest BCUT2D eigenvalue weighted by atomic mass is 10.3. The van der Waals surface area contributed by atoms with Crippen molar-refractivity contribution in [3.8, 4) is 0 Å². The van der Waals surface area contributed by atoms with E-state index in [2.05, 4.69) is 38.2 Å². The van der Waals surface area contributed by atoms with Crippen LogP contribution >= 0.6 is 15.9 Å². The number of aryl methyl sites for hydroxylation is 2. The molecule has 18 heavy (non-hydrogen) atoms. The fraction of sp³-hybridized carbons (Fsp3) is 0.667. The van der Waals surface area contributed by atoms with Crippen LogP contribution in [0.1, 0.15) is 24.7 Å². The Balaban J connectivity index is 2.61. The second-order valence-corrected chi connectivity index (χ2v) is 5.14. The van der Waals surface area contributed by atoms with E-state index in [1.165, 1.54) is 0 Å². The van der Waals surface area contributed by atoms with Gasteiger partial charge in [0.1, 0.15) is 0 Å². The predicted octanol–water partition coefficient (Wildman–Crippen LogP) is 1.31. The zero-order valence-electron chi connectivity index (χ0n) is 11.5. The van der Waals surface area contributed by atoms with E-state index in [-0.39, 0.29) is 5.91 Å². The van der Waals surface area contributed by atoms with Crippen LogP contribution in [0.5, 0.6) is 0 Å². The highest BCUT2D eigenvalue weighted by Crippen LogP contribution is 2.22. The van der Waals surface area contributed by atoms with E-state index in [1.807, 2.05) is 18.8 Å². The van der Waals surface area contributed by atoms with Crippen LogP contribution in [0.25, 0.3) is 0 Å². The maximum absolute atomic E-state index is 11.2. The molecule has 0 spiro atoms. The van der Waals surface area contributed by atoms with Crippen molar-refractivity contribution in [1.29, 1.82) is 0 Å². The number of nitrogens with zero attached hydrogens (tertiary/aromatic N) is 3. The number of carbonyl (C=O) groups excluding carboxylic acids is 1. The van der Waals surface area contributed by atoms with Crippen LogP contribution in [0, 0.1) is 0 Å². The summed E-state index contributed by atoms with van der Waals surface area (Å²) < 4.78 is 2.98. The van der Waals surface area contributed by atoms with Crippen molar-refractivity contribution in [2.24, 2.45) is 7.05 Å². The smallest absolute Gasteiger partial charge is 0.221 e. The molecule has 0 unspecified atom stereocenters. The normalized spacial score (nSPS) is 11.0. The quantitative estimate of drug-likeness (QED) is 0.861. The van der Waals surface area contributed by atoms with E-state index in [0.29, 0.717) is 6.42 Å². The molecule has 0 aliphatic heterocycles. The Bertz CT molecular complexity index is 416. The Morgan fingerprint density at radius 3 is 2.72 bits per heavy atom. The average molecular weight is 317 g/mol. The summed E-state index contributed by atoms with van der Waals surface area (Å²) in [5, 5.41) is 7.08. The Labute approximate surface area is 117 Å². The molecule has 0 saturated carbocycles. The minimum Gasteiger partial charge on any atom is -0.359 e. The molecule has 0 bridgehead atoms. The van der Waals surface area contributed by atoms with Crippen molar-refractivity contribution in [2.75, 3.05) is 20.6 Å². The fourth-order valence-electron chi connectivity index (χ4n) is 1.74. The number of hydrogen-bond donors (Lipinski definition) is 1. The summed E-state index contributed by atoms with van der Waals surface area (Å²) in [7, 11) is 5.62. The van der Waals surface area contributed by atoms with E-state index in [1.54, 1.807) is 7.05 Å². The lowest BCUT2D eigenvalue weighted by Crippen LogP contribution is -2.27. The van der Waals surface area contributed by atoms with Gasteiger partial charge in [0.05, 0.1) is 15.9 Å². The summed E-state index contributed by atoms with van der Waals surface area (Å²) in [5.41, 5.74) is 2.22. The highest BCUT2D eigenvalue weighted by atomic mass is 79.9. The zero-order valence-corrected chi connectivity index (χ0v) is 13.0. The van der Waals surface area contributed by atoms with E-state index < -0.39 is 0 Å². The minimum absolute atomic E-state index is 0.0696. The fourth-order valence-corrected chi connectivity index (χ4v) is 2.49. The molecule has 0 aliphatic carbocycles. The first-order valence-corrected chi connectivity index (χ1v) is 6.88. The predicted molar refractivity (Wildman–Crippen MR) is 75.3 cm³/mol. The van der Waals surface area contributed by atoms with Crippen LogP contribution in [0.3, 0.4) is 0 Å². The minimum atomic E-state index is 0.0696. The third-order valence-corrected chi connectivity index (χ3v) is 3.84. The molecule has 5 nitrogen and oxygen atoms in total. The van der Waals surface area contributed by atoms with Crippen molar-refractivity contribution in [3.63, 3.8) is 0 Å². The molecule has 6 heteroatoms. The van der Waals surface area contributed by atoms with Gasteiger partial charge in [0.15, 0.2) is 0 Å². The van der Waals surface area contributed by atoms with Crippen LogP contribution < -0.4 is 5.32 Å². The maximum Gasteiger partial charge on any atom is 0.221 e. The molecule has 1 rings (SSSR count). The summed E-state index contributed by atoms with van der Waals surface area (Å²) in [6.07, 6.45) is 1.43. The summed E-state index contributed by atoms with van der Waals surface area (Å²) in [6.45, 7) is 3.60. The van der Waals surface area contributed by atoms with E-state index in [0.717, 1.165) is 35.4 Å². The van der Waals surface area contributed by atoms with E-state index in [4.69, 9.17) is 0 Å². The summed E-state index contributed by atoms with van der Waals surface area (Å²) in [6, 6.07) is 0. The molecule has 0 aliphatic rings. The molecule has 0 atom stereocenters. The van der Waals surface area contributed by atoms with Gasteiger partial charge in [-0.15, -0.1) is 0 Å². The third kappa shape index (κ3) is 3.81. The Hall–Kier alpha value is -0.880. The second-order valence-electron chi connectivity index (χ2n) is 4.35. The summed E-state index contributed by atoms with van der Waals surface area (Å²) in [5.74, 6) is 0.0696. The van der Waals surface area contributed by atoms with Crippen LogP contribution in [0.4, 0.5) is 0 Å². The molecular formula is C12H21BrN4O. The first-order valence-electron chi connectivity index (χ1n) is 6.08. The Morgan fingerprint density at radius 2 is 2.22 bits per heavy atom. The van der Waals surface area contributed by atoms with Crippen molar-refractivity contribution >= 4 is 21.8 Å². The largest absolute Gasteiger partial charge is 0.359 e. The number of carbonyl (C=O) groups is 1. The molecule has 1 heterocycles. The van der Waals surface area contributed by atoms with Gasteiger partial charge in [-0.25, -0.2) is 0 Å². The first-order chi connectivity index (χ1) is 8.49. The zero-order chi connectivity index (χ0) is 13.7. The molecular weight excluding hydrogens is 296 g/mol. The molecule has 0 saturated heterocycles. The average Bonchev–Trinajstić information content (AvgIpc) is 2.63. The van der Waals surface area contributed by atoms with Gasteiger partial charge in [0.2, 0.25) is 5.91 Å². The van der Waals surface area contributed by atoms with Crippen LogP contribution in [0.15, 0.2) is 4.47 Å². The second kappa shape index (κ2) is 6.89. The Morgan fingerprint density at radius 1 is 1.56 bits per heavy atom. The molecule has 0 fully saturated rings. The summed E-state index contributed by atoms with van der Waals surface area (Å²) in [4.78, 5) is 13.3. The van der Waals surface area contributed by atoms with Crippen LogP contribution in [-0.4, -0.2) is 41.2 Å². The molecule has 1 amide bonds. The topological polar surface area (TPSA) is 50.2 Å². The number of halogens is 1. The highest BCUT2D eigenvalue weighted by molar-refractivity contribution is 9.10. The first kappa shape index (κ1) is 15.2. The van der Waals surface area contributed by atoms with Gasteiger partial charge < -0.3 is 10.2 Å². The molecule has 0 aromatic carbocycles. The number of nitrogens with one attached hydrogen (secondary N) is 1. The van der Waals surface area contributed by atoms with Crippen LogP contribution in [0.2, 0.25) is 0 Å². The van der Waals surface area contributed by atoms with Gasteiger partial charge >= 0.3 is 0 Å². The molecule has 102 valence electrons.